The molecule has 0 aliphatic rings. The summed E-state index contributed by atoms with van der Waals surface area (Å²) in [7, 11) is 0. The van der Waals surface area contributed by atoms with Crippen molar-refractivity contribution in [3.63, 3.8) is 0 Å². The van der Waals surface area contributed by atoms with Gasteiger partial charge in [0.25, 0.3) is 11.8 Å². The molecule has 2 aromatic rings. The molecule has 0 heterocycles. The third kappa shape index (κ3) is 8.69. The van der Waals surface area contributed by atoms with Gasteiger partial charge in [-0.25, -0.2) is 10.9 Å². The normalized spacial score (nSPS) is 11.4. The first-order valence-corrected chi connectivity index (χ1v) is 11.3. The summed E-state index contributed by atoms with van der Waals surface area (Å²) in [6.07, 6.45) is 2.51. The van der Waals surface area contributed by atoms with Crippen LogP contribution in [0.1, 0.15) is 61.8 Å². The molecule has 2 aromatic carbocycles. The summed E-state index contributed by atoms with van der Waals surface area (Å²) in [6, 6.07) is 11.9. The summed E-state index contributed by atoms with van der Waals surface area (Å²) in [4.78, 5) is 23.9. The maximum Gasteiger partial charge on any atom is 0.277 e. The van der Waals surface area contributed by atoms with Crippen molar-refractivity contribution in [1.82, 2.24) is 10.9 Å². The molecule has 0 atom stereocenters. The molecule has 182 valence electrons. The van der Waals surface area contributed by atoms with E-state index in [0.717, 1.165) is 22.3 Å². The van der Waals surface area contributed by atoms with Crippen molar-refractivity contribution in [2.45, 2.75) is 53.4 Å². The van der Waals surface area contributed by atoms with Crippen LogP contribution in [0, 0.1) is 13.8 Å². The van der Waals surface area contributed by atoms with Gasteiger partial charge in [-0.1, -0.05) is 52.0 Å². The number of hydrogen-bond acceptors (Lipinski definition) is 6. The van der Waals surface area contributed by atoms with Crippen LogP contribution in [0.3, 0.4) is 0 Å². The summed E-state index contributed by atoms with van der Waals surface area (Å²) in [5, 5.41) is 7.51. The van der Waals surface area contributed by atoms with Crippen molar-refractivity contribution in [2.24, 2.45) is 10.2 Å². The van der Waals surface area contributed by atoms with Gasteiger partial charge in [0.05, 0.1) is 12.4 Å². The van der Waals surface area contributed by atoms with E-state index in [4.69, 9.17) is 9.47 Å². The molecular weight excluding hydrogens is 432 g/mol. The standard InChI is InChI=1S/C26H34N4O4/c1-17(2)21-9-7-19(5)13-23(21)33-15-25(31)29-27-11-12-28-30-26(32)16-34-24-14-20(6)8-10-22(24)18(3)4/h7-14,17-18H,15-16H2,1-6H3,(H,29,31)(H,30,32)/b27-11-,28-12-. The Labute approximate surface area is 201 Å². The van der Waals surface area contributed by atoms with E-state index < -0.39 is 11.8 Å². The maximum absolute atomic E-state index is 12.0. The highest BCUT2D eigenvalue weighted by Gasteiger charge is 2.11. The van der Waals surface area contributed by atoms with Gasteiger partial charge in [0.2, 0.25) is 0 Å². The van der Waals surface area contributed by atoms with Crippen molar-refractivity contribution < 1.29 is 19.1 Å². The minimum absolute atomic E-state index is 0.164. The third-order valence-electron chi connectivity index (χ3n) is 4.89. The van der Waals surface area contributed by atoms with Gasteiger partial charge in [0, 0.05) is 0 Å². The zero-order valence-corrected chi connectivity index (χ0v) is 20.7. The number of carbonyl (C=O) groups excluding carboxylic acids is 2. The Morgan fingerprint density at radius 3 is 1.50 bits per heavy atom. The van der Waals surface area contributed by atoms with Gasteiger partial charge in [0.15, 0.2) is 13.2 Å². The molecule has 34 heavy (non-hydrogen) atoms. The first kappa shape index (κ1) is 26.6. The lowest BCUT2D eigenvalue weighted by Gasteiger charge is -2.14. The summed E-state index contributed by atoms with van der Waals surface area (Å²) in [6.45, 7) is 11.9. The maximum atomic E-state index is 12.0. The fraction of sp³-hybridized carbons (Fsp3) is 0.385. The number of ether oxygens (including phenoxy) is 2. The summed E-state index contributed by atoms with van der Waals surface area (Å²) in [5.41, 5.74) is 8.89. The van der Waals surface area contributed by atoms with Crippen LogP contribution in [0.2, 0.25) is 0 Å². The highest BCUT2D eigenvalue weighted by atomic mass is 16.5. The molecule has 8 heteroatoms. The second kappa shape index (κ2) is 13.1. The van der Waals surface area contributed by atoms with Crippen molar-refractivity contribution >= 4 is 24.2 Å². The topological polar surface area (TPSA) is 101 Å². The minimum atomic E-state index is -0.405. The number of nitrogens with zero attached hydrogens (tertiary/aromatic N) is 2. The zero-order chi connectivity index (χ0) is 25.1. The van der Waals surface area contributed by atoms with E-state index in [1.807, 2.05) is 50.2 Å². The third-order valence-corrected chi connectivity index (χ3v) is 4.89. The summed E-state index contributed by atoms with van der Waals surface area (Å²) >= 11 is 0. The van der Waals surface area contributed by atoms with Crippen molar-refractivity contribution in [3.8, 4) is 11.5 Å². The SMILES string of the molecule is Cc1ccc(C(C)C)c(OCC(=O)N/N=C\C=N/NC(=O)COc2cc(C)ccc2C(C)C)c1. The molecule has 0 aliphatic carbocycles. The Morgan fingerprint density at radius 2 is 1.15 bits per heavy atom. The summed E-state index contributed by atoms with van der Waals surface area (Å²) < 4.78 is 11.3. The predicted molar refractivity (Wildman–Crippen MR) is 135 cm³/mol. The lowest BCUT2D eigenvalue weighted by atomic mass is 10.0. The first-order valence-electron chi connectivity index (χ1n) is 11.3. The van der Waals surface area contributed by atoms with Gasteiger partial charge >= 0.3 is 0 Å². The van der Waals surface area contributed by atoms with Crippen molar-refractivity contribution in [1.29, 1.82) is 0 Å². The van der Waals surface area contributed by atoms with Crippen LogP contribution in [-0.2, 0) is 9.59 Å². The molecule has 0 radical (unpaired) electrons. The first-order chi connectivity index (χ1) is 16.2. The highest BCUT2D eigenvalue weighted by Crippen LogP contribution is 2.28. The number of benzene rings is 2. The number of hydrogen-bond donors (Lipinski definition) is 2. The van der Waals surface area contributed by atoms with Gasteiger partial charge in [-0.2, -0.15) is 10.2 Å². The van der Waals surface area contributed by atoms with E-state index in [0.29, 0.717) is 11.5 Å². The molecule has 8 nitrogen and oxygen atoms in total. The Kier molecular flexibility index (Phi) is 10.3. The van der Waals surface area contributed by atoms with Crippen LogP contribution in [-0.4, -0.2) is 37.5 Å². The lowest BCUT2D eigenvalue weighted by molar-refractivity contribution is -0.123. The molecule has 0 aromatic heterocycles. The van der Waals surface area contributed by atoms with Crippen LogP contribution in [0.4, 0.5) is 0 Å². The van der Waals surface area contributed by atoms with Gasteiger partial charge in [-0.3, -0.25) is 9.59 Å². The number of hydrazone groups is 2. The molecule has 0 spiro atoms. The van der Waals surface area contributed by atoms with Gasteiger partial charge in [-0.05, 0) is 60.1 Å². The quantitative estimate of drug-likeness (QED) is 0.383. The molecule has 2 rings (SSSR count). The summed E-state index contributed by atoms with van der Waals surface area (Å²) in [5.74, 6) is 1.12. The van der Waals surface area contributed by atoms with Crippen molar-refractivity contribution in [2.75, 3.05) is 13.2 Å². The van der Waals surface area contributed by atoms with Crippen LogP contribution < -0.4 is 20.3 Å². The Balaban J connectivity index is 1.73. The van der Waals surface area contributed by atoms with Crippen molar-refractivity contribution in [3.05, 3.63) is 58.7 Å². The largest absolute Gasteiger partial charge is 0.483 e. The smallest absolute Gasteiger partial charge is 0.277 e. The molecule has 0 saturated heterocycles. The Bertz CT molecular complexity index is 962. The zero-order valence-electron chi connectivity index (χ0n) is 20.7. The average molecular weight is 467 g/mol. The molecule has 2 N–H and O–H groups in total. The van der Waals surface area contributed by atoms with Crippen LogP contribution in [0.5, 0.6) is 11.5 Å². The molecule has 0 bridgehead atoms. The lowest BCUT2D eigenvalue weighted by Crippen LogP contribution is -2.26. The number of aryl methyl sites for hydroxylation is 2. The van der Waals surface area contributed by atoms with Crippen LogP contribution >= 0.6 is 0 Å². The van der Waals surface area contributed by atoms with E-state index in [-0.39, 0.29) is 25.0 Å². The predicted octanol–water partition coefficient (Wildman–Crippen LogP) is 4.21. The molecule has 0 unspecified atom stereocenters. The molecular formula is C26H34N4O4. The molecule has 0 fully saturated rings. The number of rotatable bonds is 11. The molecule has 2 amide bonds. The van der Waals surface area contributed by atoms with E-state index in [9.17, 15) is 9.59 Å². The van der Waals surface area contributed by atoms with Gasteiger partial charge < -0.3 is 9.47 Å². The second-order valence-corrected chi connectivity index (χ2v) is 8.60. The molecule has 0 saturated carbocycles. The fourth-order valence-electron chi connectivity index (χ4n) is 3.12. The average Bonchev–Trinajstić information content (AvgIpc) is 2.78. The number of nitrogens with one attached hydrogen (secondary N) is 2. The Hall–Kier alpha value is -3.68. The van der Waals surface area contributed by atoms with Gasteiger partial charge in [0.1, 0.15) is 11.5 Å². The number of carbonyl (C=O) groups is 2. The van der Waals surface area contributed by atoms with E-state index in [1.165, 1.54) is 12.4 Å². The molecule has 0 aliphatic heterocycles. The second-order valence-electron chi connectivity index (χ2n) is 8.60. The monoisotopic (exact) mass is 466 g/mol. The number of amides is 2. The van der Waals surface area contributed by atoms with Gasteiger partial charge in [-0.15, -0.1) is 0 Å². The van der Waals surface area contributed by atoms with E-state index in [2.05, 4.69) is 48.7 Å². The van der Waals surface area contributed by atoms with E-state index >= 15 is 0 Å². The Morgan fingerprint density at radius 1 is 0.765 bits per heavy atom. The van der Waals surface area contributed by atoms with Crippen LogP contribution in [0.25, 0.3) is 0 Å². The van der Waals surface area contributed by atoms with Crippen LogP contribution in [0.15, 0.2) is 46.6 Å². The van der Waals surface area contributed by atoms with E-state index in [1.54, 1.807) is 0 Å². The highest BCUT2D eigenvalue weighted by molar-refractivity contribution is 6.16. The fourth-order valence-corrected chi connectivity index (χ4v) is 3.12. The minimum Gasteiger partial charge on any atom is -0.483 e.